The van der Waals surface area contributed by atoms with Gasteiger partial charge >= 0.3 is 0 Å². The average molecular weight is 422 g/mol. The Kier molecular flexibility index (Phi) is 6.87. The van der Waals surface area contributed by atoms with Crippen molar-refractivity contribution in [2.24, 2.45) is 0 Å². The molecule has 2 heterocycles. The van der Waals surface area contributed by atoms with Crippen molar-refractivity contribution in [2.75, 3.05) is 51.3 Å². The summed E-state index contributed by atoms with van der Waals surface area (Å²) in [6.07, 6.45) is 2.49. The molecule has 1 saturated heterocycles. The number of amides is 1. The third-order valence-corrected chi connectivity index (χ3v) is 6.29. The summed E-state index contributed by atoms with van der Waals surface area (Å²) in [5, 5.41) is 3.39. The molecule has 4 rings (SSSR count). The quantitative estimate of drug-likeness (QED) is 0.727. The average Bonchev–Trinajstić information content (AvgIpc) is 3.07. The highest BCUT2D eigenvalue weighted by Crippen LogP contribution is 2.28. The normalized spacial score (nSPS) is 16.4. The molecule has 1 amide bonds. The molecule has 0 aliphatic carbocycles. The molecule has 0 atom stereocenters. The van der Waals surface area contributed by atoms with Gasteiger partial charge in [0.25, 0.3) is 0 Å². The standard InChI is InChI=1S/C25H31N3O3/c1-31-24-5-3-2-4-22(24)27-14-16-28(17-15-27)25(30)9-8-23(29)21-7-6-19-10-12-26-13-11-20(19)18-21/h2-7,18,26H,8-17H2,1H3. The van der Waals surface area contributed by atoms with Crippen LogP contribution in [0.4, 0.5) is 5.69 Å². The van der Waals surface area contributed by atoms with Crippen LogP contribution in [0.15, 0.2) is 42.5 Å². The molecular weight excluding hydrogens is 390 g/mol. The predicted octanol–water partition coefficient (Wildman–Crippen LogP) is 2.70. The van der Waals surface area contributed by atoms with Gasteiger partial charge in [0.05, 0.1) is 12.8 Å². The maximum atomic E-state index is 12.7. The highest BCUT2D eigenvalue weighted by molar-refractivity contribution is 5.98. The van der Waals surface area contributed by atoms with Gasteiger partial charge in [-0.15, -0.1) is 0 Å². The first-order chi connectivity index (χ1) is 15.2. The number of piperazine rings is 1. The number of nitrogens with one attached hydrogen (secondary N) is 1. The molecular formula is C25H31N3O3. The fourth-order valence-corrected chi connectivity index (χ4v) is 4.46. The van der Waals surface area contributed by atoms with Crippen LogP contribution in [-0.4, -0.2) is 63.0 Å². The van der Waals surface area contributed by atoms with Gasteiger partial charge in [0.15, 0.2) is 5.78 Å². The van der Waals surface area contributed by atoms with Crippen molar-refractivity contribution in [1.29, 1.82) is 0 Å². The first-order valence-electron chi connectivity index (χ1n) is 11.2. The van der Waals surface area contributed by atoms with Crippen LogP contribution in [0.25, 0.3) is 0 Å². The number of Topliss-reactive ketones (excluding diaryl/α,β-unsaturated/α-hetero) is 1. The largest absolute Gasteiger partial charge is 0.495 e. The second-order valence-corrected chi connectivity index (χ2v) is 8.20. The molecule has 164 valence electrons. The summed E-state index contributed by atoms with van der Waals surface area (Å²) in [6.45, 7) is 4.79. The van der Waals surface area contributed by atoms with Gasteiger partial charge in [-0.2, -0.15) is 0 Å². The maximum Gasteiger partial charge on any atom is 0.223 e. The summed E-state index contributed by atoms with van der Waals surface area (Å²) in [4.78, 5) is 29.5. The summed E-state index contributed by atoms with van der Waals surface area (Å²) in [5.41, 5.74) is 4.38. The third-order valence-electron chi connectivity index (χ3n) is 6.29. The zero-order chi connectivity index (χ0) is 21.6. The Morgan fingerprint density at radius 3 is 2.45 bits per heavy atom. The van der Waals surface area contributed by atoms with Crippen LogP contribution in [0.5, 0.6) is 5.75 Å². The molecule has 0 saturated carbocycles. The third kappa shape index (κ3) is 5.07. The molecule has 2 aromatic rings. The highest BCUT2D eigenvalue weighted by Gasteiger charge is 2.23. The Hall–Kier alpha value is -2.86. The molecule has 2 aromatic carbocycles. The molecule has 6 nitrogen and oxygen atoms in total. The molecule has 0 radical (unpaired) electrons. The van der Waals surface area contributed by atoms with E-state index in [4.69, 9.17) is 4.74 Å². The van der Waals surface area contributed by atoms with Crippen LogP contribution < -0.4 is 15.0 Å². The minimum atomic E-state index is 0.0565. The highest BCUT2D eigenvalue weighted by atomic mass is 16.5. The first kappa shape index (κ1) is 21.4. The van der Waals surface area contributed by atoms with E-state index in [1.807, 2.05) is 41.3 Å². The van der Waals surface area contributed by atoms with E-state index < -0.39 is 0 Å². The monoisotopic (exact) mass is 421 g/mol. The van der Waals surface area contributed by atoms with Gasteiger partial charge in [-0.05, 0) is 55.3 Å². The van der Waals surface area contributed by atoms with Crippen LogP contribution >= 0.6 is 0 Å². The van der Waals surface area contributed by atoms with Gasteiger partial charge in [-0.3, -0.25) is 9.59 Å². The topological polar surface area (TPSA) is 61.9 Å². The van der Waals surface area contributed by atoms with E-state index in [0.29, 0.717) is 13.1 Å². The minimum Gasteiger partial charge on any atom is -0.495 e. The van der Waals surface area contributed by atoms with Crippen molar-refractivity contribution < 1.29 is 14.3 Å². The van der Waals surface area contributed by atoms with Crippen molar-refractivity contribution in [3.8, 4) is 5.75 Å². The number of nitrogens with zero attached hydrogens (tertiary/aromatic N) is 2. The summed E-state index contributed by atoms with van der Waals surface area (Å²) >= 11 is 0. The molecule has 31 heavy (non-hydrogen) atoms. The Morgan fingerprint density at radius 1 is 0.935 bits per heavy atom. The van der Waals surface area contributed by atoms with Gasteiger partial charge in [0.1, 0.15) is 5.75 Å². The number of hydrogen-bond donors (Lipinski definition) is 1. The van der Waals surface area contributed by atoms with Crippen molar-refractivity contribution >= 4 is 17.4 Å². The summed E-state index contributed by atoms with van der Waals surface area (Å²) in [7, 11) is 1.68. The summed E-state index contributed by atoms with van der Waals surface area (Å²) < 4.78 is 5.46. The number of benzene rings is 2. The number of carbonyl (C=O) groups excluding carboxylic acids is 2. The number of ketones is 1. The molecule has 0 unspecified atom stereocenters. The number of hydrogen-bond acceptors (Lipinski definition) is 5. The minimum absolute atomic E-state index is 0.0565. The smallest absolute Gasteiger partial charge is 0.223 e. The van der Waals surface area contributed by atoms with E-state index >= 15 is 0 Å². The number of para-hydroxylation sites is 2. The SMILES string of the molecule is COc1ccccc1N1CCN(C(=O)CCC(=O)c2ccc3c(c2)CCNCC3)CC1. The molecule has 1 N–H and O–H groups in total. The molecule has 2 aliphatic heterocycles. The lowest BCUT2D eigenvalue weighted by Gasteiger charge is -2.36. The molecule has 2 aliphatic rings. The zero-order valence-corrected chi connectivity index (χ0v) is 18.2. The predicted molar refractivity (Wildman–Crippen MR) is 122 cm³/mol. The number of rotatable bonds is 6. The Morgan fingerprint density at radius 2 is 1.68 bits per heavy atom. The van der Waals surface area contributed by atoms with Crippen molar-refractivity contribution in [1.82, 2.24) is 10.2 Å². The van der Waals surface area contributed by atoms with E-state index in [1.54, 1.807) is 7.11 Å². The molecule has 1 fully saturated rings. The fourth-order valence-electron chi connectivity index (χ4n) is 4.46. The molecule has 6 heteroatoms. The second-order valence-electron chi connectivity index (χ2n) is 8.20. The van der Waals surface area contributed by atoms with Gasteiger partial charge in [-0.25, -0.2) is 0 Å². The van der Waals surface area contributed by atoms with E-state index in [2.05, 4.69) is 16.3 Å². The van der Waals surface area contributed by atoms with E-state index in [0.717, 1.165) is 56.0 Å². The second kappa shape index (κ2) is 9.96. The van der Waals surface area contributed by atoms with Crippen LogP contribution in [0.2, 0.25) is 0 Å². The Balaban J connectivity index is 1.29. The fraction of sp³-hybridized carbons (Fsp3) is 0.440. The van der Waals surface area contributed by atoms with Crippen LogP contribution in [0, 0.1) is 0 Å². The Bertz CT molecular complexity index is 935. The van der Waals surface area contributed by atoms with Crippen LogP contribution in [0.3, 0.4) is 0 Å². The first-order valence-corrected chi connectivity index (χ1v) is 11.2. The van der Waals surface area contributed by atoms with Gasteiger partial charge in [0.2, 0.25) is 5.91 Å². The van der Waals surface area contributed by atoms with Gasteiger partial charge in [-0.1, -0.05) is 24.3 Å². The van der Waals surface area contributed by atoms with Crippen molar-refractivity contribution in [3.63, 3.8) is 0 Å². The lowest BCUT2D eigenvalue weighted by molar-refractivity contribution is -0.131. The number of ether oxygens (including phenoxy) is 1. The molecule has 0 aromatic heterocycles. The maximum absolute atomic E-state index is 12.7. The summed E-state index contributed by atoms with van der Waals surface area (Å²) in [6, 6.07) is 14.0. The number of anilines is 1. The number of fused-ring (bicyclic) bond motifs is 1. The lowest BCUT2D eigenvalue weighted by atomic mass is 9.97. The lowest BCUT2D eigenvalue weighted by Crippen LogP contribution is -2.48. The van der Waals surface area contributed by atoms with Crippen LogP contribution in [0.1, 0.15) is 34.3 Å². The van der Waals surface area contributed by atoms with Crippen molar-refractivity contribution in [3.05, 3.63) is 59.2 Å². The van der Waals surface area contributed by atoms with E-state index in [1.165, 1.54) is 11.1 Å². The van der Waals surface area contributed by atoms with Crippen molar-refractivity contribution in [2.45, 2.75) is 25.7 Å². The summed E-state index contributed by atoms with van der Waals surface area (Å²) in [5.74, 6) is 0.970. The van der Waals surface area contributed by atoms with Gasteiger partial charge in [0, 0.05) is 44.6 Å². The van der Waals surface area contributed by atoms with Gasteiger partial charge < -0.3 is 19.9 Å². The molecule has 0 spiro atoms. The van der Waals surface area contributed by atoms with E-state index in [9.17, 15) is 9.59 Å². The molecule has 0 bridgehead atoms. The van der Waals surface area contributed by atoms with E-state index in [-0.39, 0.29) is 24.5 Å². The number of methoxy groups -OCH3 is 1. The number of carbonyl (C=O) groups is 2. The zero-order valence-electron chi connectivity index (χ0n) is 18.2. The Labute approximate surface area is 184 Å². The van der Waals surface area contributed by atoms with Crippen LogP contribution in [-0.2, 0) is 17.6 Å².